The van der Waals surface area contributed by atoms with Crippen molar-refractivity contribution in [1.29, 1.82) is 0 Å². The van der Waals surface area contributed by atoms with Crippen molar-refractivity contribution in [2.45, 2.75) is 20.5 Å². The summed E-state index contributed by atoms with van der Waals surface area (Å²) in [6.45, 7) is 4.19. The predicted molar refractivity (Wildman–Crippen MR) is 73.3 cm³/mol. The van der Waals surface area contributed by atoms with E-state index in [1.165, 1.54) is 11.6 Å². The number of hydrogen-bond donors (Lipinski definition) is 0. The molecule has 0 saturated heterocycles. The Bertz CT molecular complexity index is 608. The molecule has 2 rings (SSSR count). The summed E-state index contributed by atoms with van der Waals surface area (Å²) in [5.74, 6) is 0.643. The molecule has 0 fully saturated rings. The number of benzene rings is 2. The van der Waals surface area contributed by atoms with E-state index in [2.05, 4.69) is 6.07 Å². The van der Waals surface area contributed by atoms with E-state index in [-0.39, 0.29) is 10.6 Å². The summed E-state index contributed by atoms with van der Waals surface area (Å²) >= 11 is 0. The maximum Gasteiger partial charge on any atom is 0.272 e. The highest BCUT2D eigenvalue weighted by Crippen LogP contribution is 2.23. The number of ether oxygens (including phenoxy) is 1. The average Bonchev–Trinajstić information content (AvgIpc) is 2.36. The van der Waals surface area contributed by atoms with Crippen molar-refractivity contribution in [3.63, 3.8) is 0 Å². The molecule has 0 N–H and O–H groups in total. The van der Waals surface area contributed by atoms with Gasteiger partial charge in [0.25, 0.3) is 5.69 Å². The molecule has 0 aliphatic rings. The fourth-order valence-electron chi connectivity index (χ4n) is 1.89. The smallest absolute Gasteiger partial charge is 0.272 e. The number of nitro benzene ring substituents is 1. The molecular formula is C15H15NO3. The fraction of sp³-hybridized carbons (Fsp3) is 0.200. The van der Waals surface area contributed by atoms with Crippen molar-refractivity contribution in [1.82, 2.24) is 0 Å². The Balaban J connectivity index is 2.08. The molecule has 0 heterocycles. The van der Waals surface area contributed by atoms with Crippen LogP contribution in [0.1, 0.15) is 16.7 Å². The van der Waals surface area contributed by atoms with E-state index in [4.69, 9.17) is 4.74 Å². The van der Waals surface area contributed by atoms with Crippen LogP contribution in [0.5, 0.6) is 5.75 Å². The quantitative estimate of drug-likeness (QED) is 0.618. The zero-order valence-electron chi connectivity index (χ0n) is 10.9. The van der Waals surface area contributed by atoms with E-state index in [9.17, 15) is 10.1 Å². The van der Waals surface area contributed by atoms with Crippen molar-refractivity contribution in [3.8, 4) is 5.75 Å². The highest BCUT2D eigenvalue weighted by atomic mass is 16.6. The number of aryl methyl sites for hydroxylation is 2. The summed E-state index contributed by atoms with van der Waals surface area (Å²) in [4.78, 5) is 10.3. The number of nitro groups is 1. The van der Waals surface area contributed by atoms with E-state index >= 15 is 0 Å². The van der Waals surface area contributed by atoms with Gasteiger partial charge in [-0.15, -0.1) is 0 Å². The molecule has 0 saturated carbocycles. The van der Waals surface area contributed by atoms with Gasteiger partial charge in [-0.3, -0.25) is 10.1 Å². The first-order valence-electron chi connectivity index (χ1n) is 5.99. The van der Waals surface area contributed by atoms with Crippen LogP contribution in [0.2, 0.25) is 0 Å². The summed E-state index contributed by atoms with van der Waals surface area (Å²) in [5, 5.41) is 10.7. The van der Waals surface area contributed by atoms with Crippen LogP contribution in [0.3, 0.4) is 0 Å². The molecule has 0 amide bonds. The average molecular weight is 257 g/mol. The van der Waals surface area contributed by atoms with Crippen LogP contribution in [0, 0.1) is 24.0 Å². The van der Waals surface area contributed by atoms with Crippen molar-refractivity contribution >= 4 is 5.69 Å². The van der Waals surface area contributed by atoms with Gasteiger partial charge in [-0.1, -0.05) is 29.8 Å². The minimum Gasteiger partial charge on any atom is -0.489 e. The van der Waals surface area contributed by atoms with Gasteiger partial charge >= 0.3 is 0 Å². The molecule has 19 heavy (non-hydrogen) atoms. The molecular weight excluding hydrogens is 242 g/mol. The minimum atomic E-state index is -0.389. The molecule has 0 aliphatic carbocycles. The number of rotatable bonds is 4. The van der Waals surface area contributed by atoms with Crippen LogP contribution in [0.25, 0.3) is 0 Å². The molecule has 0 radical (unpaired) electrons. The van der Waals surface area contributed by atoms with Crippen molar-refractivity contribution < 1.29 is 9.66 Å². The second kappa shape index (κ2) is 5.52. The lowest BCUT2D eigenvalue weighted by Gasteiger charge is -2.07. The first-order chi connectivity index (χ1) is 9.06. The Morgan fingerprint density at radius 2 is 1.95 bits per heavy atom. The third kappa shape index (κ3) is 3.31. The monoisotopic (exact) mass is 257 g/mol. The second-order valence-electron chi connectivity index (χ2n) is 4.48. The summed E-state index contributed by atoms with van der Waals surface area (Å²) in [5.41, 5.74) is 2.98. The standard InChI is InChI=1S/C15H15NO3/c1-11-4-3-5-13(8-11)10-19-14-6-7-15(16(17)18)12(2)9-14/h3-9H,10H2,1-2H3. The Labute approximate surface area is 111 Å². The van der Waals surface area contributed by atoms with E-state index < -0.39 is 0 Å². The lowest BCUT2D eigenvalue weighted by atomic mass is 10.1. The first-order valence-corrected chi connectivity index (χ1v) is 5.99. The molecule has 0 aliphatic heterocycles. The Morgan fingerprint density at radius 3 is 2.58 bits per heavy atom. The minimum absolute atomic E-state index is 0.114. The summed E-state index contributed by atoms with van der Waals surface area (Å²) in [6, 6.07) is 12.8. The van der Waals surface area contributed by atoms with Crippen LogP contribution >= 0.6 is 0 Å². The number of nitrogens with zero attached hydrogens (tertiary/aromatic N) is 1. The van der Waals surface area contributed by atoms with Crippen molar-refractivity contribution in [3.05, 3.63) is 69.3 Å². The van der Waals surface area contributed by atoms with Crippen LogP contribution in [0.15, 0.2) is 42.5 Å². The summed E-state index contributed by atoms with van der Waals surface area (Å²) < 4.78 is 5.64. The van der Waals surface area contributed by atoms with Gasteiger partial charge in [0.1, 0.15) is 12.4 Å². The predicted octanol–water partition coefficient (Wildman–Crippen LogP) is 3.79. The van der Waals surface area contributed by atoms with Gasteiger partial charge in [0, 0.05) is 11.6 Å². The van der Waals surface area contributed by atoms with Gasteiger partial charge in [-0.05, 0) is 31.5 Å². The topological polar surface area (TPSA) is 52.4 Å². The lowest BCUT2D eigenvalue weighted by molar-refractivity contribution is -0.385. The largest absolute Gasteiger partial charge is 0.489 e. The normalized spacial score (nSPS) is 10.2. The van der Waals surface area contributed by atoms with Gasteiger partial charge in [-0.2, -0.15) is 0 Å². The second-order valence-corrected chi connectivity index (χ2v) is 4.48. The van der Waals surface area contributed by atoms with Crippen molar-refractivity contribution in [2.75, 3.05) is 0 Å². The Hall–Kier alpha value is -2.36. The van der Waals surface area contributed by atoms with E-state index in [0.717, 1.165) is 5.56 Å². The van der Waals surface area contributed by atoms with Crippen molar-refractivity contribution in [2.24, 2.45) is 0 Å². The Morgan fingerprint density at radius 1 is 1.16 bits per heavy atom. The highest BCUT2D eigenvalue weighted by Gasteiger charge is 2.10. The molecule has 2 aromatic rings. The molecule has 2 aromatic carbocycles. The lowest BCUT2D eigenvalue weighted by Crippen LogP contribution is -1.97. The first kappa shape index (κ1) is 13.1. The molecule has 0 aromatic heterocycles. The maximum absolute atomic E-state index is 10.7. The van der Waals surface area contributed by atoms with Crippen LogP contribution in [0.4, 0.5) is 5.69 Å². The van der Waals surface area contributed by atoms with Gasteiger partial charge < -0.3 is 4.74 Å². The van der Waals surface area contributed by atoms with E-state index in [0.29, 0.717) is 17.9 Å². The Kier molecular flexibility index (Phi) is 3.80. The number of hydrogen-bond acceptors (Lipinski definition) is 3. The van der Waals surface area contributed by atoms with Crippen LogP contribution < -0.4 is 4.74 Å². The molecule has 0 spiro atoms. The maximum atomic E-state index is 10.7. The highest BCUT2D eigenvalue weighted by molar-refractivity contribution is 5.44. The molecule has 98 valence electrons. The van der Waals surface area contributed by atoms with E-state index in [1.807, 2.05) is 25.1 Å². The van der Waals surface area contributed by atoms with Gasteiger partial charge in [0.15, 0.2) is 0 Å². The van der Waals surface area contributed by atoms with Gasteiger partial charge in [0.2, 0.25) is 0 Å². The zero-order valence-corrected chi connectivity index (χ0v) is 10.9. The summed E-state index contributed by atoms with van der Waals surface area (Å²) in [7, 11) is 0. The van der Waals surface area contributed by atoms with Gasteiger partial charge in [0.05, 0.1) is 4.92 Å². The third-order valence-corrected chi connectivity index (χ3v) is 2.85. The zero-order chi connectivity index (χ0) is 13.8. The molecule has 4 heteroatoms. The van der Waals surface area contributed by atoms with E-state index in [1.54, 1.807) is 19.1 Å². The summed E-state index contributed by atoms with van der Waals surface area (Å²) in [6.07, 6.45) is 0. The third-order valence-electron chi connectivity index (χ3n) is 2.85. The molecule has 0 atom stereocenters. The van der Waals surface area contributed by atoms with Gasteiger partial charge in [-0.25, -0.2) is 0 Å². The SMILES string of the molecule is Cc1cccc(COc2ccc([N+](=O)[O-])c(C)c2)c1. The van der Waals surface area contributed by atoms with Crippen LogP contribution in [-0.4, -0.2) is 4.92 Å². The molecule has 4 nitrogen and oxygen atoms in total. The molecule has 0 unspecified atom stereocenters. The van der Waals surface area contributed by atoms with Crippen LogP contribution in [-0.2, 0) is 6.61 Å². The molecule has 0 bridgehead atoms. The fourth-order valence-corrected chi connectivity index (χ4v) is 1.89.